The van der Waals surface area contributed by atoms with E-state index >= 15 is 0 Å². The maximum atomic E-state index is 11.5. The summed E-state index contributed by atoms with van der Waals surface area (Å²) in [5, 5.41) is 3.43. The van der Waals surface area contributed by atoms with E-state index in [1.54, 1.807) is 13.0 Å². The summed E-state index contributed by atoms with van der Waals surface area (Å²) < 4.78 is 10.4. The first-order valence-electron chi connectivity index (χ1n) is 7.17. The van der Waals surface area contributed by atoms with Crippen LogP contribution in [0.25, 0.3) is 0 Å². The van der Waals surface area contributed by atoms with Crippen molar-refractivity contribution in [3.05, 3.63) is 23.2 Å². The van der Waals surface area contributed by atoms with Crippen LogP contribution in [-0.2, 0) is 11.3 Å². The number of carbonyl (C=O) groups is 1. The summed E-state index contributed by atoms with van der Waals surface area (Å²) in [7, 11) is 3.47. The molecular formula is C15H24N2O3. The largest absolute Gasteiger partial charge is 0.465 e. The van der Waals surface area contributed by atoms with Crippen LogP contribution in [0.3, 0.4) is 0 Å². The van der Waals surface area contributed by atoms with Crippen molar-refractivity contribution in [2.24, 2.45) is 5.92 Å². The minimum atomic E-state index is -0.336. The number of hydrogen-bond donors (Lipinski definition) is 1. The molecular weight excluding hydrogens is 256 g/mol. The van der Waals surface area contributed by atoms with Crippen molar-refractivity contribution in [1.29, 1.82) is 0 Å². The van der Waals surface area contributed by atoms with Crippen molar-refractivity contribution in [2.75, 3.05) is 33.8 Å². The van der Waals surface area contributed by atoms with E-state index in [1.165, 1.54) is 20.0 Å². The molecule has 0 bridgehead atoms. The smallest absolute Gasteiger partial charge is 0.341 e. The summed E-state index contributed by atoms with van der Waals surface area (Å²) in [6.07, 6.45) is 2.53. The summed E-state index contributed by atoms with van der Waals surface area (Å²) in [5.41, 5.74) is 0.523. The quantitative estimate of drug-likeness (QED) is 0.834. The highest BCUT2D eigenvalue weighted by atomic mass is 16.5. The Morgan fingerprint density at radius 1 is 1.60 bits per heavy atom. The molecule has 1 aliphatic heterocycles. The van der Waals surface area contributed by atoms with Gasteiger partial charge in [0.1, 0.15) is 17.1 Å². The van der Waals surface area contributed by atoms with Crippen LogP contribution in [0.1, 0.15) is 34.7 Å². The molecule has 0 aliphatic carbocycles. The van der Waals surface area contributed by atoms with Gasteiger partial charge >= 0.3 is 5.97 Å². The average Bonchev–Trinajstić information content (AvgIpc) is 2.79. The number of esters is 1. The number of methoxy groups -OCH3 is 1. The van der Waals surface area contributed by atoms with E-state index < -0.39 is 0 Å². The minimum Gasteiger partial charge on any atom is -0.465 e. The Balaban J connectivity index is 1.90. The highest BCUT2D eigenvalue weighted by Crippen LogP contribution is 2.18. The van der Waals surface area contributed by atoms with Gasteiger partial charge in [-0.25, -0.2) is 4.79 Å². The molecule has 20 heavy (non-hydrogen) atoms. The molecule has 0 amide bonds. The molecule has 1 saturated heterocycles. The van der Waals surface area contributed by atoms with Gasteiger partial charge in [-0.05, 0) is 51.9 Å². The Morgan fingerprint density at radius 3 is 3.05 bits per heavy atom. The zero-order valence-corrected chi connectivity index (χ0v) is 12.6. The Bertz CT molecular complexity index is 450. The molecule has 2 rings (SSSR count). The van der Waals surface area contributed by atoms with Gasteiger partial charge in [0.2, 0.25) is 0 Å². The van der Waals surface area contributed by atoms with Crippen molar-refractivity contribution < 1.29 is 13.9 Å². The molecule has 0 aromatic carbocycles. The van der Waals surface area contributed by atoms with Crippen LogP contribution >= 0.6 is 0 Å². The third-order valence-electron chi connectivity index (χ3n) is 3.77. The number of hydrogen-bond acceptors (Lipinski definition) is 5. The lowest BCUT2D eigenvalue weighted by atomic mass is 9.99. The van der Waals surface area contributed by atoms with Crippen molar-refractivity contribution in [1.82, 2.24) is 10.2 Å². The van der Waals surface area contributed by atoms with Gasteiger partial charge in [-0.15, -0.1) is 0 Å². The number of aryl methyl sites for hydroxylation is 1. The van der Waals surface area contributed by atoms with Crippen LogP contribution < -0.4 is 5.32 Å². The lowest BCUT2D eigenvalue weighted by Crippen LogP contribution is -2.36. The molecule has 5 nitrogen and oxygen atoms in total. The SMILES string of the molecule is COC(=O)c1cc(CN(C)CC2CCCNC2)oc1C. The fourth-order valence-corrected chi connectivity index (χ4v) is 2.79. The van der Waals surface area contributed by atoms with Gasteiger partial charge in [-0.1, -0.05) is 0 Å². The number of nitrogens with zero attached hydrogens (tertiary/aromatic N) is 1. The fourth-order valence-electron chi connectivity index (χ4n) is 2.79. The second-order valence-electron chi connectivity index (χ2n) is 5.58. The first-order chi connectivity index (χ1) is 9.60. The van der Waals surface area contributed by atoms with Crippen LogP contribution in [0.4, 0.5) is 0 Å². The molecule has 0 radical (unpaired) electrons. The first kappa shape index (κ1) is 15.1. The molecule has 1 atom stereocenters. The minimum absolute atomic E-state index is 0.336. The van der Waals surface area contributed by atoms with E-state index in [4.69, 9.17) is 9.15 Å². The van der Waals surface area contributed by atoms with Crippen molar-refractivity contribution in [3.63, 3.8) is 0 Å². The maximum Gasteiger partial charge on any atom is 0.341 e. The lowest BCUT2D eigenvalue weighted by Gasteiger charge is -2.27. The van der Waals surface area contributed by atoms with E-state index in [0.29, 0.717) is 23.8 Å². The number of furan rings is 1. The van der Waals surface area contributed by atoms with Crippen LogP contribution in [0.5, 0.6) is 0 Å². The highest BCUT2D eigenvalue weighted by molar-refractivity contribution is 5.90. The predicted molar refractivity (Wildman–Crippen MR) is 76.7 cm³/mol. The van der Waals surface area contributed by atoms with Crippen LogP contribution in [0.15, 0.2) is 10.5 Å². The molecule has 1 N–H and O–H groups in total. The molecule has 1 unspecified atom stereocenters. The van der Waals surface area contributed by atoms with Gasteiger partial charge in [0.15, 0.2) is 0 Å². The number of nitrogens with one attached hydrogen (secondary N) is 1. The Morgan fingerprint density at radius 2 is 2.40 bits per heavy atom. The Labute approximate surface area is 120 Å². The standard InChI is InChI=1S/C15H24N2O3/c1-11-14(15(18)19-3)7-13(20-11)10-17(2)9-12-5-4-6-16-8-12/h7,12,16H,4-6,8-10H2,1-3H3. The van der Waals surface area contributed by atoms with Gasteiger partial charge in [0.05, 0.1) is 13.7 Å². The summed E-state index contributed by atoms with van der Waals surface area (Å²) in [5.74, 6) is 1.80. The molecule has 1 fully saturated rings. The zero-order chi connectivity index (χ0) is 14.5. The van der Waals surface area contributed by atoms with E-state index in [-0.39, 0.29) is 5.97 Å². The highest BCUT2D eigenvalue weighted by Gasteiger charge is 2.18. The third-order valence-corrected chi connectivity index (χ3v) is 3.77. The number of carbonyl (C=O) groups excluding carboxylic acids is 1. The summed E-state index contributed by atoms with van der Waals surface area (Å²) >= 11 is 0. The normalized spacial score (nSPS) is 19.3. The molecule has 112 valence electrons. The summed E-state index contributed by atoms with van der Waals surface area (Å²) in [6, 6.07) is 1.79. The molecule has 1 aliphatic rings. The fraction of sp³-hybridized carbons (Fsp3) is 0.667. The molecule has 2 heterocycles. The van der Waals surface area contributed by atoms with E-state index in [1.807, 2.05) is 0 Å². The van der Waals surface area contributed by atoms with E-state index in [9.17, 15) is 4.79 Å². The second kappa shape index (κ2) is 6.90. The van der Waals surface area contributed by atoms with Crippen molar-refractivity contribution in [3.8, 4) is 0 Å². The van der Waals surface area contributed by atoms with Gasteiger partial charge in [0, 0.05) is 6.54 Å². The van der Waals surface area contributed by atoms with E-state index in [0.717, 1.165) is 25.4 Å². The maximum absolute atomic E-state index is 11.5. The van der Waals surface area contributed by atoms with Gasteiger partial charge in [0.25, 0.3) is 0 Å². The predicted octanol–water partition coefficient (Wildman–Crippen LogP) is 1.81. The Hall–Kier alpha value is -1.33. The summed E-state index contributed by atoms with van der Waals surface area (Å²) in [4.78, 5) is 13.8. The molecule has 1 aromatic heterocycles. The molecule has 0 spiro atoms. The van der Waals surface area contributed by atoms with Crippen molar-refractivity contribution >= 4 is 5.97 Å². The van der Waals surface area contributed by atoms with Crippen LogP contribution in [-0.4, -0.2) is 44.7 Å². The first-order valence-corrected chi connectivity index (χ1v) is 7.17. The zero-order valence-electron chi connectivity index (χ0n) is 12.6. The second-order valence-corrected chi connectivity index (χ2v) is 5.58. The topological polar surface area (TPSA) is 54.7 Å². The van der Waals surface area contributed by atoms with Crippen molar-refractivity contribution in [2.45, 2.75) is 26.3 Å². The number of piperidine rings is 1. The van der Waals surface area contributed by atoms with Crippen LogP contribution in [0, 0.1) is 12.8 Å². The molecule has 0 saturated carbocycles. The van der Waals surface area contributed by atoms with Crippen LogP contribution in [0.2, 0.25) is 0 Å². The van der Waals surface area contributed by atoms with Gasteiger partial charge < -0.3 is 14.5 Å². The van der Waals surface area contributed by atoms with Gasteiger partial charge in [-0.2, -0.15) is 0 Å². The average molecular weight is 280 g/mol. The molecule has 5 heteroatoms. The number of ether oxygens (including phenoxy) is 1. The summed E-state index contributed by atoms with van der Waals surface area (Å²) in [6.45, 7) is 5.78. The lowest BCUT2D eigenvalue weighted by molar-refractivity contribution is 0.0599. The molecule has 1 aromatic rings. The number of rotatable bonds is 5. The third kappa shape index (κ3) is 3.84. The monoisotopic (exact) mass is 280 g/mol. The Kier molecular flexibility index (Phi) is 5.20. The van der Waals surface area contributed by atoms with E-state index in [2.05, 4.69) is 17.3 Å². The van der Waals surface area contributed by atoms with Gasteiger partial charge in [-0.3, -0.25) is 4.90 Å².